The van der Waals surface area contributed by atoms with Crippen LogP contribution in [0.3, 0.4) is 0 Å². The lowest BCUT2D eigenvalue weighted by molar-refractivity contribution is -0.184. The standard InChI is InChI=1S/C13H10BrF3O4/c1-19-8-4-6(14)2-5-3-7(10-12(18)21-10)11(13(15,16)17)20-9(5)8/h2-4,10-12,18H,1H3. The van der Waals surface area contributed by atoms with E-state index in [1.807, 2.05) is 0 Å². The quantitative estimate of drug-likeness (QED) is 0.817. The van der Waals surface area contributed by atoms with Crippen molar-refractivity contribution in [3.63, 3.8) is 0 Å². The molecule has 1 aromatic rings. The van der Waals surface area contributed by atoms with Crippen molar-refractivity contribution in [1.82, 2.24) is 0 Å². The van der Waals surface area contributed by atoms with Gasteiger partial charge in [0.2, 0.25) is 6.10 Å². The molecule has 4 nitrogen and oxygen atoms in total. The molecule has 1 N–H and O–H groups in total. The lowest BCUT2D eigenvalue weighted by atomic mass is 9.98. The molecule has 0 aliphatic carbocycles. The molecule has 0 aromatic heterocycles. The predicted octanol–water partition coefficient (Wildman–Crippen LogP) is 2.88. The molecule has 3 unspecified atom stereocenters. The first-order valence-electron chi connectivity index (χ1n) is 5.97. The first-order valence-corrected chi connectivity index (χ1v) is 6.76. The smallest absolute Gasteiger partial charge is 0.429 e. The summed E-state index contributed by atoms with van der Waals surface area (Å²) in [6.07, 6.45) is -7.67. The Hall–Kier alpha value is -1.25. The van der Waals surface area contributed by atoms with Crippen LogP contribution in [0.2, 0.25) is 0 Å². The summed E-state index contributed by atoms with van der Waals surface area (Å²) < 4.78 is 55.0. The molecule has 3 rings (SSSR count). The monoisotopic (exact) mass is 366 g/mol. The maximum Gasteiger partial charge on any atom is 0.429 e. The SMILES string of the molecule is COc1cc(Br)cc2c1OC(C(F)(F)F)C(C1OC1O)=C2. The normalized spacial score (nSPS) is 27.5. The van der Waals surface area contributed by atoms with Crippen LogP contribution in [0, 0.1) is 0 Å². The summed E-state index contributed by atoms with van der Waals surface area (Å²) in [6.45, 7) is 0. The van der Waals surface area contributed by atoms with E-state index in [0.29, 0.717) is 10.0 Å². The lowest BCUT2D eigenvalue weighted by Gasteiger charge is -2.29. The molecule has 0 radical (unpaired) electrons. The molecule has 2 aliphatic heterocycles. The number of benzene rings is 1. The van der Waals surface area contributed by atoms with Gasteiger partial charge in [-0.25, -0.2) is 0 Å². The second kappa shape index (κ2) is 4.89. The molecule has 114 valence electrons. The predicted molar refractivity (Wildman–Crippen MR) is 70.0 cm³/mol. The van der Waals surface area contributed by atoms with Crippen molar-refractivity contribution >= 4 is 22.0 Å². The number of halogens is 4. The summed E-state index contributed by atoms with van der Waals surface area (Å²) >= 11 is 3.25. The largest absolute Gasteiger partial charge is 0.493 e. The van der Waals surface area contributed by atoms with Crippen molar-refractivity contribution in [2.45, 2.75) is 24.7 Å². The number of methoxy groups -OCH3 is 1. The minimum absolute atomic E-state index is 0.0157. The number of aliphatic hydroxyl groups is 1. The van der Waals surface area contributed by atoms with Crippen LogP contribution in [0.5, 0.6) is 11.5 Å². The van der Waals surface area contributed by atoms with Gasteiger partial charge in [-0.1, -0.05) is 15.9 Å². The van der Waals surface area contributed by atoms with Crippen molar-refractivity contribution < 1.29 is 32.5 Å². The second-order valence-corrected chi connectivity index (χ2v) is 5.57. The summed E-state index contributed by atoms with van der Waals surface area (Å²) in [4.78, 5) is 0. The Morgan fingerprint density at radius 1 is 1.33 bits per heavy atom. The van der Waals surface area contributed by atoms with Gasteiger partial charge in [0.05, 0.1) is 7.11 Å². The van der Waals surface area contributed by atoms with E-state index in [1.54, 1.807) is 6.07 Å². The highest BCUT2D eigenvalue weighted by Crippen LogP contribution is 2.46. The van der Waals surface area contributed by atoms with Crippen molar-refractivity contribution in [2.75, 3.05) is 7.11 Å². The van der Waals surface area contributed by atoms with E-state index in [4.69, 9.17) is 14.2 Å². The Morgan fingerprint density at radius 3 is 2.52 bits per heavy atom. The van der Waals surface area contributed by atoms with E-state index in [0.717, 1.165) is 0 Å². The lowest BCUT2D eigenvalue weighted by Crippen LogP contribution is -2.39. The van der Waals surface area contributed by atoms with E-state index in [-0.39, 0.29) is 17.1 Å². The van der Waals surface area contributed by atoms with Gasteiger partial charge in [-0.2, -0.15) is 13.2 Å². The van der Waals surface area contributed by atoms with Crippen molar-refractivity contribution in [3.05, 3.63) is 27.7 Å². The van der Waals surface area contributed by atoms with Crippen LogP contribution in [0.15, 0.2) is 22.2 Å². The van der Waals surface area contributed by atoms with Gasteiger partial charge in [-0.15, -0.1) is 0 Å². The molecule has 3 atom stereocenters. The summed E-state index contributed by atoms with van der Waals surface area (Å²) in [7, 11) is 1.35. The fourth-order valence-corrected chi connectivity index (χ4v) is 2.70. The molecular formula is C13H10BrF3O4. The van der Waals surface area contributed by atoms with Crippen LogP contribution in [0.4, 0.5) is 13.2 Å². The second-order valence-electron chi connectivity index (χ2n) is 4.66. The maximum atomic E-state index is 13.2. The van der Waals surface area contributed by atoms with Gasteiger partial charge in [0, 0.05) is 15.6 Å². The third-order valence-electron chi connectivity index (χ3n) is 3.22. The number of hydrogen-bond donors (Lipinski definition) is 1. The van der Waals surface area contributed by atoms with Crippen molar-refractivity contribution in [2.24, 2.45) is 0 Å². The number of epoxide rings is 1. The summed E-state index contributed by atoms with van der Waals surface area (Å²) in [6, 6.07) is 3.13. The van der Waals surface area contributed by atoms with Gasteiger partial charge in [0.15, 0.2) is 17.8 Å². The van der Waals surface area contributed by atoms with Crippen LogP contribution in [-0.4, -0.2) is 36.9 Å². The molecule has 1 saturated heterocycles. The van der Waals surface area contributed by atoms with Crippen molar-refractivity contribution in [3.8, 4) is 11.5 Å². The zero-order chi connectivity index (χ0) is 15.4. The van der Waals surface area contributed by atoms with Gasteiger partial charge in [0.1, 0.15) is 6.10 Å². The Morgan fingerprint density at radius 2 is 2.00 bits per heavy atom. The molecule has 21 heavy (non-hydrogen) atoms. The third kappa shape index (κ3) is 2.63. The molecule has 0 spiro atoms. The average molecular weight is 367 g/mol. The molecule has 0 bridgehead atoms. The summed E-state index contributed by atoms with van der Waals surface area (Å²) in [5.41, 5.74) is 0.280. The fourth-order valence-electron chi connectivity index (χ4n) is 2.25. The molecule has 1 aromatic carbocycles. The number of fused-ring (bicyclic) bond motifs is 1. The average Bonchev–Trinajstić information content (AvgIpc) is 3.12. The van der Waals surface area contributed by atoms with Crippen LogP contribution in [0.1, 0.15) is 5.56 Å². The molecule has 0 amide bonds. The Bertz CT molecular complexity index is 614. The molecule has 2 heterocycles. The fraction of sp³-hybridized carbons (Fsp3) is 0.385. The van der Waals surface area contributed by atoms with E-state index in [2.05, 4.69) is 15.9 Å². The third-order valence-corrected chi connectivity index (χ3v) is 3.68. The van der Waals surface area contributed by atoms with Crippen LogP contribution < -0.4 is 9.47 Å². The molecule has 2 aliphatic rings. The highest BCUT2D eigenvalue weighted by Gasteiger charge is 2.54. The van der Waals surface area contributed by atoms with Crippen LogP contribution in [0.25, 0.3) is 6.08 Å². The zero-order valence-corrected chi connectivity index (χ0v) is 12.2. The molecule has 1 fully saturated rings. The summed E-state index contributed by atoms with van der Waals surface area (Å²) in [5, 5.41) is 9.25. The number of rotatable bonds is 2. The minimum Gasteiger partial charge on any atom is -0.493 e. The van der Waals surface area contributed by atoms with Gasteiger partial charge in [-0.3, -0.25) is 0 Å². The number of hydrogen-bond acceptors (Lipinski definition) is 4. The number of aliphatic hydroxyl groups excluding tert-OH is 1. The summed E-state index contributed by atoms with van der Waals surface area (Å²) in [5.74, 6) is 0.211. The van der Waals surface area contributed by atoms with Gasteiger partial charge in [-0.05, 0) is 18.2 Å². The van der Waals surface area contributed by atoms with Gasteiger partial charge in [0.25, 0.3) is 0 Å². The van der Waals surface area contributed by atoms with Crippen molar-refractivity contribution in [1.29, 1.82) is 0 Å². The highest BCUT2D eigenvalue weighted by atomic mass is 79.9. The van der Waals surface area contributed by atoms with E-state index < -0.39 is 24.7 Å². The maximum absolute atomic E-state index is 13.2. The molecule has 8 heteroatoms. The number of alkyl halides is 3. The Balaban J connectivity index is 2.10. The van der Waals surface area contributed by atoms with E-state index in [9.17, 15) is 18.3 Å². The van der Waals surface area contributed by atoms with E-state index >= 15 is 0 Å². The first-order chi connectivity index (χ1) is 9.81. The minimum atomic E-state index is -4.62. The van der Waals surface area contributed by atoms with Crippen LogP contribution >= 0.6 is 15.9 Å². The topological polar surface area (TPSA) is 51.2 Å². The molecule has 0 saturated carbocycles. The first kappa shape index (κ1) is 14.7. The van der Waals surface area contributed by atoms with Gasteiger partial charge >= 0.3 is 6.18 Å². The van der Waals surface area contributed by atoms with Crippen LogP contribution in [-0.2, 0) is 4.74 Å². The molecular weight excluding hydrogens is 357 g/mol. The van der Waals surface area contributed by atoms with Gasteiger partial charge < -0.3 is 19.3 Å². The highest BCUT2D eigenvalue weighted by molar-refractivity contribution is 9.10. The number of ether oxygens (including phenoxy) is 3. The van der Waals surface area contributed by atoms with E-state index in [1.165, 1.54) is 19.3 Å². The Labute approximate surface area is 126 Å². The Kier molecular flexibility index (Phi) is 3.42. The zero-order valence-electron chi connectivity index (χ0n) is 10.6.